The van der Waals surface area contributed by atoms with Gasteiger partial charge in [-0.3, -0.25) is 4.79 Å². The maximum atomic E-state index is 12.4. The molecule has 3 aromatic rings. The van der Waals surface area contributed by atoms with E-state index in [0.29, 0.717) is 12.1 Å². The van der Waals surface area contributed by atoms with Gasteiger partial charge in [0.25, 0.3) is 5.91 Å². The molecular formula is C20H23N5O2. The fraction of sp³-hybridized carbons (Fsp3) is 0.300. The summed E-state index contributed by atoms with van der Waals surface area (Å²) in [6, 6.07) is 15.6. The van der Waals surface area contributed by atoms with E-state index in [-0.39, 0.29) is 11.9 Å². The summed E-state index contributed by atoms with van der Waals surface area (Å²) in [7, 11) is 1.66. The van der Waals surface area contributed by atoms with Gasteiger partial charge in [0.1, 0.15) is 12.1 Å². The SMILES string of the molecule is COc1ccc(CCC(C)NC(=O)c2ccc(Cn3cnnn3)cc2)cc1. The lowest BCUT2D eigenvalue weighted by Crippen LogP contribution is -2.32. The molecule has 1 N–H and O–H groups in total. The third kappa shape index (κ3) is 5.37. The molecule has 0 bridgehead atoms. The maximum absolute atomic E-state index is 12.4. The highest BCUT2D eigenvalue weighted by atomic mass is 16.5. The van der Waals surface area contributed by atoms with Gasteiger partial charge in [-0.05, 0) is 65.6 Å². The minimum absolute atomic E-state index is 0.0637. The molecule has 1 atom stereocenters. The van der Waals surface area contributed by atoms with Crippen molar-refractivity contribution in [3.63, 3.8) is 0 Å². The number of methoxy groups -OCH3 is 1. The van der Waals surface area contributed by atoms with Gasteiger partial charge in [0.15, 0.2) is 0 Å². The molecule has 1 amide bonds. The third-order valence-corrected chi connectivity index (χ3v) is 4.35. The van der Waals surface area contributed by atoms with Crippen LogP contribution < -0.4 is 10.1 Å². The summed E-state index contributed by atoms with van der Waals surface area (Å²) in [5, 5.41) is 14.1. The molecule has 0 saturated heterocycles. The van der Waals surface area contributed by atoms with Crippen LogP contribution in [0.25, 0.3) is 0 Å². The van der Waals surface area contributed by atoms with E-state index in [1.807, 2.05) is 43.3 Å². The Balaban J connectivity index is 1.48. The van der Waals surface area contributed by atoms with Crippen LogP contribution in [-0.4, -0.2) is 39.3 Å². The largest absolute Gasteiger partial charge is 0.497 e. The fourth-order valence-electron chi connectivity index (χ4n) is 2.76. The molecule has 3 rings (SSSR count). The van der Waals surface area contributed by atoms with E-state index in [1.54, 1.807) is 18.1 Å². The number of carbonyl (C=O) groups excluding carboxylic acids is 1. The van der Waals surface area contributed by atoms with E-state index in [0.717, 1.165) is 24.2 Å². The van der Waals surface area contributed by atoms with Crippen molar-refractivity contribution in [2.24, 2.45) is 0 Å². The van der Waals surface area contributed by atoms with Crippen LogP contribution >= 0.6 is 0 Å². The first-order valence-electron chi connectivity index (χ1n) is 8.87. The first kappa shape index (κ1) is 18.6. The zero-order valence-electron chi connectivity index (χ0n) is 15.5. The predicted octanol–water partition coefficient (Wildman–Crippen LogP) is 2.48. The van der Waals surface area contributed by atoms with Crippen molar-refractivity contribution in [1.82, 2.24) is 25.5 Å². The molecule has 1 heterocycles. The summed E-state index contributed by atoms with van der Waals surface area (Å²) < 4.78 is 6.80. The molecule has 7 nitrogen and oxygen atoms in total. The van der Waals surface area contributed by atoms with Crippen molar-refractivity contribution >= 4 is 5.91 Å². The topological polar surface area (TPSA) is 81.9 Å². The highest BCUT2D eigenvalue weighted by molar-refractivity contribution is 5.94. The second-order valence-corrected chi connectivity index (χ2v) is 6.47. The van der Waals surface area contributed by atoms with Crippen molar-refractivity contribution in [3.05, 3.63) is 71.5 Å². The molecular weight excluding hydrogens is 342 g/mol. The summed E-state index contributed by atoms with van der Waals surface area (Å²) >= 11 is 0. The van der Waals surface area contributed by atoms with Gasteiger partial charge < -0.3 is 10.1 Å². The Morgan fingerprint density at radius 1 is 1.11 bits per heavy atom. The molecule has 27 heavy (non-hydrogen) atoms. The number of rotatable bonds is 8. The minimum atomic E-state index is -0.0637. The van der Waals surface area contributed by atoms with Crippen LogP contribution in [0.1, 0.15) is 34.8 Å². The number of nitrogens with zero attached hydrogens (tertiary/aromatic N) is 4. The number of ether oxygens (including phenoxy) is 1. The molecule has 0 fully saturated rings. The lowest BCUT2D eigenvalue weighted by Gasteiger charge is -2.14. The molecule has 7 heteroatoms. The summed E-state index contributed by atoms with van der Waals surface area (Å²) in [5.41, 5.74) is 2.90. The Hall–Kier alpha value is -3.22. The quantitative estimate of drug-likeness (QED) is 0.663. The van der Waals surface area contributed by atoms with Gasteiger partial charge in [0, 0.05) is 11.6 Å². The van der Waals surface area contributed by atoms with Crippen LogP contribution in [-0.2, 0) is 13.0 Å². The molecule has 1 aromatic heterocycles. The number of benzene rings is 2. The van der Waals surface area contributed by atoms with Crippen LogP contribution in [0.3, 0.4) is 0 Å². The number of aryl methyl sites for hydroxylation is 1. The van der Waals surface area contributed by atoms with E-state index < -0.39 is 0 Å². The number of nitrogens with one attached hydrogen (secondary N) is 1. The number of amides is 1. The summed E-state index contributed by atoms with van der Waals surface area (Å²) in [6.45, 7) is 2.60. The van der Waals surface area contributed by atoms with Gasteiger partial charge in [0.2, 0.25) is 0 Å². The number of tetrazole rings is 1. The Morgan fingerprint density at radius 2 is 1.81 bits per heavy atom. The average molecular weight is 365 g/mol. The van der Waals surface area contributed by atoms with Crippen LogP contribution in [0.4, 0.5) is 0 Å². The maximum Gasteiger partial charge on any atom is 0.251 e. The second-order valence-electron chi connectivity index (χ2n) is 6.47. The monoisotopic (exact) mass is 365 g/mol. The molecule has 0 spiro atoms. The normalized spacial score (nSPS) is 11.8. The lowest BCUT2D eigenvalue weighted by atomic mass is 10.1. The Bertz CT molecular complexity index is 845. The Labute approximate surface area is 158 Å². The van der Waals surface area contributed by atoms with Gasteiger partial charge in [-0.15, -0.1) is 5.10 Å². The van der Waals surface area contributed by atoms with E-state index in [2.05, 4.69) is 33.0 Å². The zero-order chi connectivity index (χ0) is 19.1. The molecule has 0 aliphatic rings. The molecule has 140 valence electrons. The van der Waals surface area contributed by atoms with Crippen molar-refractivity contribution in [1.29, 1.82) is 0 Å². The average Bonchev–Trinajstić information content (AvgIpc) is 3.20. The van der Waals surface area contributed by atoms with Crippen molar-refractivity contribution in [3.8, 4) is 5.75 Å². The van der Waals surface area contributed by atoms with Gasteiger partial charge in [-0.25, -0.2) is 4.68 Å². The van der Waals surface area contributed by atoms with Gasteiger partial charge in [0.05, 0.1) is 13.7 Å². The summed E-state index contributed by atoms with van der Waals surface area (Å²) in [6.07, 6.45) is 3.33. The van der Waals surface area contributed by atoms with Crippen LogP contribution in [0.5, 0.6) is 5.75 Å². The van der Waals surface area contributed by atoms with E-state index >= 15 is 0 Å². The second kappa shape index (κ2) is 8.93. The van der Waals surface area contributed by atoms with Crippen LogP contribution in [0, 0.1) is 0 Å². The summed E-state index contributed by atoms with van der Waals surface area (Å²) in [4.78, 5) is 12.4. The number of hydrogen-bond acceptors (Lipinski definition) is 5. The lowest BCUT2D eigenvalue weighted by molar-refractivity contribution is 0.0938. The van der Waals surface area contributed by atoms with Crippen LogP contribution in [0.2, 0.25) is 0 Å². The highest BCUT2D eigenvalue weighted by Gasteiger charge is 2.10. The molecule has 0 aliphatic heterocycles. The minimum Gasteiger partial charge on any atom is -0.497 e. The van der Waals surface area contributed by atoms with E-state index in [1.165, 1.54) is 5.56 Å². The number of aromatic nitrogens is 4. The molecule has 0 aliphatic carbocycles. The van der Waals surface area contributed by atoms with Gasteiger partial charge in [-0.1, -0.05) is 24.3 Å². The third-order valence-electron chi connectivity index (χ3n) is 4.35. The fourth-order valence-corrected chi connectivity index (χ4v) is 2.76. The zero-order valence-corrected chi connectivity index (χ0v) is 15.5. The molecule has 1 unspecified atom stereocenters. The molecule has 0 radical (unpaired) electrons. The van der Waals surface area contributed by atoms with Crippen molar-refractivity contribution in [2.75, 3.05) is 7.11 Å². The Kier molecular flexibility index (Phi) is 6.14. The van der Waals surface area contributed by atoms with Crippen LogP contribution in [0.15, 0.2) is 54.9 Å². The predicted molar refractivity (Wildman–Crippen MR) is 102 cm³/mol. The Morgan fingerprint density at radius 3 is 2.44 bits per heavy atom. The highest BCUT2D eigenvalue weighted by Crippen LogP contribution is 2.13. The smallest absolute Gasteiger partial charge is 0.251 e. The number of carbonyl (C=O) groups is 1. The van der Waals surface area contributed by atoms with Gasteiger partial charge in [-0.2, -0.15) is 0 Å². The van der Waals surface area contributed by atoms with Gasteiger partial charge >= 0.3 is 0 Å². The standard InChI is InChI=1S/C20H23N5O2/c1-15(3-4-16-7-11-19(27-2)12-8-16)22-20(26)18-9-5-17(6-10-18)13-25-14-21-23-24-25/h5-12,14-15H,3-4,13H2,1-2H3,(H,22,26). The first-order chi connectivity index (χ1) is 13.1. The molecule has 0 saturated carbocycles. The number of hydrogen-bond donors (Lipinski definition) is 1. The first-order valence-corrected chi connectivity index (χ1v) is 8.87. The van der Waals surface area contributed by atoms with Crippen molar-refractivity contribution in [2.45, 2.75) is 32.4 Å². The molecule has 2 aromatic carbocycles. The van der Waals surface area contributed by atoms with Crippen molar-refractivity contribution < 1.29 is 9.53 Å². The summed E-state index contributed by atoms with van der Waals surface area (Å²) in [5.74, 6) is 0.787. The van der Waals surface area contributed by atoms with E-state index in [9.17, 15) is 4.79 Å². The van der Waals surface area contributed by atoms with E-state index in [4.69, 9.17) is 4.74 Å².